The van der Waals surface area contributed by atoms with Crippen molar-refractivity contribution in [1.29, 1.82) is 0 Å². The first-order valence-corrected chi connectivity index (χ1v) is 5.12. The second-order valence-corrected chi connectivity index (χ2v) is 4.92. The van der Waals surface area contributed by atoms with Crippen molar-refractivity contribution in [3.05, 3.63) is 11.8 Å². The normalized spacial score (nSPS) is 11.9. The molecular formula is C11H19NO2. The standard InChI is InChI=1S/C11H19NO2/c1-11(2,3)7-5-4-6-9-8-10(13)12-14-9/h8H,4-7H2,1-3H3,(H,12,13). The first-order chi connectivity index (χ1) is 6.47. The van der Waals surface area contributed by atoms with Crippen molar-refractivity contribution in [2.45, 2.75) is 46.5 Å². The van der Waals surface area contributed by atoms with Gasteiger partial charge in [0, 0.05) is 12.5 Å². The molecule has 0 aliphatic carbocycles. The van der Waals surface area contributed by atoms with Gasteiger partial charge in [0.2, 0.25) is 0 Å². The molecule has 0 fully saturated rings. The minimum atomic E-state index is -0.0178. The summed E-state index contributed by atoms with van der Waals surface area (Å²) in [5.41, 5.74) is 0.406. The van der Waals surface area contributed by atoms with Gasteiger partial charge in [-0.2, -0.15) is 0 Å². The summed E-state index contributed by atoms with van der Waals surface area (Å²) in [5.74, 6) is 0.757. The van der Waals surface area contributed by atoms with Crippen LogP contribution >= 0.6 is 0 Å². The number of rotatable bonds is 4. The number of aromatic nitrogens is 1. The Kier molecular flexibility index (Phi) is 3.55. The summed E-state index contributed by atoms with van der Waals surface area (Å²) in [7, 11) is 0. The highest BCUT2D eigenvalue weighted by molar-refractivity contribution is 5.08. The van der Waals surface area contributed by atoms with E-state index in [-0.39, 0.29) is 5.88 Å². The number of aromatic hydroxyl groups is 1. The monoisotopic (exact) mass is 197 g/mol. The van der Waals surface area contributed by atoms with E-state index in [2.05, 4.69) is 25.9 Å². The Hall–Kier alpha value is -0.990. The fourth-order valence-corrected chi connectivity index (χ4v) is 1.37. The summed E-state index contributed by atoms with van der Waals surface area (Å²) in [6.07, 6.45) is 4.35. The van der Waals surface area contributed by atoms with E-state index in [1.165, 1.54) is 12.8 Å². The van der Waals surface area contributed by atoms with Gasteiger partial charge in [0.05, 0.1) is 0 Å². The predicted molar refractivity (Wildman–Crippen MR) is 55.2 cm³/mol. The van der Waals surface area contributed by atoms with E-state index in [0.29, 0.717) is 5.41 Å². The molecule has 0 atom stereocenters. The third-order valence-corrected chi connectivity index (χ3v) is 2.15. The van der Waals surface area contributed by atoms with Crippen molar-refractivity contribution >= 4 is 0 Å². The lowest BCUT2D eigenvalue weighted by molar-refractivity contribution is 0.331. The highest BCUT2D eigenvalue weighted by Crippen LogP contribution is 2.22. The molecule has 1 aromatic heterocycles. The van der Waals surface area contributed by atoms with E-state index in [9.17, 15) is 0 Å². The van der Waals surface area contributed by atoms with Crippen LogP contribution in [0.5, 0.6) is 5.88 Å². The number of nitrogens with zero attached hydrogens (tertiary/aromatic N) is 1. The Balaban J connectivity index is 2.16. The number of unbranched alkanes of at least 4 members (excludes halogenated alkanes) is 1. The van der Waals surface area contributed by atoms with Crippen LogP contribution in [0, 0.1) is 5.41 Å². The Morgan fingerprint density at radius 3 is 2.57 bits per heavy atom. The minimum absolute atomic E-state index is 0.0178. The van der Waals surface area contributed by atoms with Gasteiger partial charge in [-0.3, -0.25) is 0 Å². The van der Waals surface area contributed by atoms with Gasteiger partial charge in [-0.15, -0.1) is 0 Å². The van der Waals surface area contributed by atoms with Crippen LogP contribution in [0.1, 0.15) is 45.8 Å². The third-order valence-electron chi connectivity index (χ3n) is 2.15. The van der Waals surface area contributed by atoms with Crippen LogP contribution in [0.15, 0.2) is 10.6 Å². The zero-order chi connectivity index (χ0) is 10.6. The summed E-state index contributed by atoms with van der Waals surface area (Å²) >= 11 is 0. The molecule has 0 aliphatic rings. The van der Waals surface area contributed by atoms with Gasteiger partial charge in [0.1, 0.15) is 5.76 Å². The van der Waals surface area contributed by atoms with Crippen LogP contribution in [0.4, 0.5) is 0 Å². The zero-order valence-electron chi connectivity index (χ0n) is 9.21. The average Bonchev–Trinajstić information content (AvgIpc) is 2.44. The summed E-state index contributed by atoms with van der Waals surface area (Å²) in [6.45, 7) is 6.73. The zero-order valence-corrected chi connectivity index (χ0v) is 9.21. The first-order valence-electron chi connectivity index (χ1n) is 5.12. The Bertz CT molecular complexity index is 273. The van der Waals surface area contributed by atoms with E-state index in [4.69, 9.17) is 9.63 Å². The van der Waals surface area contributed by atoms with E-state index >= 15 is 0 Å². The molecule has 0 radical (unpaired) electrons. The summed E-state index contributed by atoms with van der Waals surface area (Å²) in [5, 5.41) is 12.4. The molecule has 1 aromatic rings. The molecule has 1 heterocycles. The van der Waals surface area contributed by atoms with Gasteiger partial charge in [0.15, 0.2) is 0 Å². The van der Waals surface area contributed by atoms with Gasteiger partial charge in [-0.25, -0.2) is 0 Å². The van der Waals surface area contributed by atoms with Crippen molar-refractivity contribution in [3.63, 3.8) is 0 Å². The maximum atomic E-state index is 8.93. The van der Waals surface area contributed by atoms with Crippen LogP contribution in [0.25, 0.3) is 0 Å². The molecule has 3 nitrogen and oxygen atoms in total. The smallest absolute Gasteiger partial charge is 0.251 e. The number of aryl methyl sites for hydroxylation is 1. The van der Waals surface area contributed by atoms with Gasteiger partial charge in [-0.1, -0.05) is 27.2 Å². The molecule has 0 unspecified atom stereocenters. The molecule has 1 N–H and O–H groups in total. The fourth-order valence-electron chi connectivity index (χ4n) is 1.37. The summed E-state index contributed by atoms with van der Waals surface area (Å²) in [6, 6.07) is 1.58. The van der Waals surface area contributed by atoms with Gasteiger partial charge in [-0.05, 0) is 23.4 Å². The largest absolute Gasteiger partial charge is 0.491 e. The molecule has 3 heteroatoms. The second kappa shape index (κ2) is 4.49. The van der Waals surface area contributed by atoms with Crippen molar-refractivity contribution in [2.24, 2.45) is 5.41 Å². The number of hydrogen-bond acceptors (Lipinski definition) is 3. The molecule has 0 amide bonds. The first kappa shape index (κ1) is 11.1. The Morgan fingerprint density at radius 1 is 1.36 bits per heavy atom. The lowest BCUT2D eigenvalue weighted by Gasteiger charge is -2.17. The molecule has 0 aliphatic heterocycles. The molecule has 0 bridgehead atoms. The van der Waals surface area contributed by atoms with Gasteiger partial charge >= 0.3 is 0 Å². The maximum Gasteiger partial charge on any atom is 0.251 e. The summed E-state index contributed by atoms with van der Waals surface area (Å²) < 4.78 is 4.90. The Labute approximate surface area is 85.1 Å². The van der Waals surface area contributed by atoms with Crippen LogP contribution in [-0.2, 0) is 6.42 Å². The summed E-state index contributed by atoms with van der Waals surface area (Å²) in [4.78, 5) is 0. The molecule has 0 spiro atoms. The van der Waals surface area contributed by atoms with E-state index < -0.39 is 0 Å². The molecule has 0 saturated carbocycles. The van der Waals surface area contributed by atoms with Crippen LogP contribution in [0.2, 0.25) is 0 Å². The van der Waals surface area contributed by atoms with Crippen molar-refractivity contribution in [2.75, 3.05) is 0 Å². The predicted octanol–water partition coefficient (Wildman–Crippen LogP) is 3.14. The molecule has 80 valence electrons. The van der Waals surface area contributed by atoms with Crippen LogP contribution < -0.4 is 0 Å². The van der Waals surface area contributed by atoms with E-state index in [1.807, 2.05) is 0 Å². The third kappa shape index (κ3) is 4.30. The minimum Gasteiger partial charge on any atom is -0.491 e. The lowest BCUT2D eigenvalue weighted by atomic mass is 9.89. The fraction of sp³-hybridized carbons (Fsp3) is 0.727. The van der Waals surface area contributed by atoms with Crippen molar-refractivity contribution in [1.82, 2.24) is 5.16 Å². The highest BCUT2D eigenvalue weighted by atomic mass is 16.5. The van der Waals surface area contributed by atoms with E-state index in [1.54, 1.807) is 6.07 Å². The lowest BCUT2D eigenvalue weighted by Crippen LogP contribution is -2.04. The molecule has 14 heavy (non-hydrogen) atoms. The van der Waals surface area contributed by atoms with Gasteiger partial charge < -0.3 is 9.63 Å². The quantitative estimate of drug-likeness (QED) is 0.754. The average molecular weight is 197 g/mol. The van der Waals surface area contributed by atoms with Gasteiger partial charge in [0.25, 0.3) is 5.88 Å². The number of hydrogen-bond donors (Lipinski definition) is 1. The maximum absolute atomic E-state index is 8.93. The molecular weight excluding hydrogens is 178 g/mol. The SMILES string of the molecule is CC(C)(C)CCCCc1cc(O)no1. The molecule has 0 aromatic carbocycles. The van der Waals surface area contributed by atoms with Crippen molar-refractivity contribution < 1.29 is 9.63 Å². The molecule has 1 rings (SSSR count). The second-order valence-electron chi connectivity index (χ2n) is 4.92. The van der Waals surface area contributed by atoms with Crippen LogP contribution in [-0.4, -0.2) is 10.3 Å². The molecule has 0 saturated heterocycles. The highest BCUT2D eigenvalue weighted by Gasteiger charge is 2.09. The van der Waals surface area contributed by atoms with E-state index in [0.717, 1.165) is 18.6 Å². The van der Waals surface area contributed by atoms with Crippen LogP contribution in [0.3, 0.4) is 0 Å². The van der Waals surface area contributed by atoms with Crippen molar-refractivity contribution in [3.8, 4) is 5.88 Å². The topological polar surface area (TPSA) is 46.3 Å². The Morgan fingerprint density at radius 2 is 2.07 bits per heavy atom.